The van der Waals surface area contributed by atoms with Crippen LogP contribution in [0.2, 0.25) is 0 Å². The van der Waals surface area contributed by atoms with Crippen molar-refractivity contribution in [1.82, 2.24) is 0 Å². The summed E-state index contributed by atoms with van der Waals surface area (Å²) < 4.78 is 45.1. The lowest BCUT2D eigenvalue weighted by Crippen LogP contribution is -2.18. The van der Waals surface area contributed by atoms with E-state index in [0.717, 1.165) is 5.69 Å². The van der Waals surface area contributed by atoms with Crippen molar-refractivity contribution >= 4 is 25.5 Å². The molecule has 1 aromatic carbocycles. The van der Waals surface area contributed by atoms with Crippen LogP contribution < -0.4 is 10.5 Å². The van der Waals surface area contributed by atoms with Crippen LogP contribution in [-0.2, 0) is 19.9 Å². The third-order valence-corrected chi connectivity index (χ3v) is 5.41. The summed E-state index contributed by atoms with van der Waals surface area (Å²) in [6, 6.07) is 6.43. The average Bonchev–Trinajstić information content (AvgIpc) is 2.34. The van der Waals surface area contributed by atoms with E-state index in [1.165, 1.54) is 0 Å². The SMILES string of the molecule is CCCS(=O)(=O)c1ccc(NCCCS(N)(=O)=O)cc1. The minimum Gasteiger partial charge on any atom is -0.385 e. The molecule has 0 saturated carbocycles. The van der Waals surface area contributed by atoms with Crippen LogP contribution in [0.25, 0.3) is 0 Å². The molecule has 0 fully saturated rings. The van der Waals surface area contributed by atoms with Crippen molar-refractivity contribution < 1.29 is 16.8 Å². The summed E-state index contributed by atoms with van der Waals surface area (Å²) >= 11 is 0. The molecule has 1 rings (SSSR count). The molecule has 0 aromatic heterocycles. The van der Waals surface area contributed by atoms with Gasteiger partial charge in [0, 0.05) is 12.2 Å². The average molecular weight is 320 g/mol. The molecule has 0 amide bonds. The zero-order chi connectivity index (χ0) is 15.2. The van der Waals surface area contributed by atoms with Gasteiger partial charge in [0.2, 0.25) is 10.0 Å². The Labute approximate surface area is 120 Å². The topological polar surface area (TPSA) is 106 Å². The molecular weight excluding hydrogens is 300 g/mol. The molecule has 1 aromatic rings. The molecule has 20 heavy (non-hydrogen) atoms. The second-order valence-electron chi connectivity index (χ2n) is 4.49. The van der Waals surface area contributed by atoms with Crippen LogP contribution >= 0.6 is 0 Å². The summed E-state index contributed by atoms with van der Waals surface area (Å²) in [6.45, 7) is 2.27. The van der Waals surface area contributed by atoms with Crippen LogP contribution in [0.4, 0.5) is 5.69 Å². The van der Waals surface area contributed by atoms with Crippen molar-refractivity contribution in [3.63, 3.8) is 0 Å². The van der Waals surface area contributed by atoms with E-state index in [1.807, 2.05) is 6.92 Å². The van der Waals surface area contributed by atoms with Crippen LogP contribution in [0.1, 0.15) is 19.8 Å². The molecule has 3 N–H and O–H groups in total. The summed E-state index contributed by atoms with van der Waals surface area (Å²) in [5, 5.41) is 7.90. The molecule has 0 bridgehead atoms. The fraction of sp³-hybridized carbons (Fsp3) is 0.500. The van der Waals surface area contributed by atoms with E-state index in [-0.39, 0.29) is 11.5 Å². The molecule has 0 aliphatic heterocycles. The Balaban J connectivity index is 2.55. The fourth-order valence-corrected chi connectivity index (χ4v) is 3.54. The van der Waals surface area contributed by atoms with Gasteiger partial charge >= 0.3 is 0 Å². The van der Waals surface area contributed by atoms with Gasteiger partial charge in [0.1, 0.15) is 0 Å². The molecule has 0 heterocycles. The maximum atomic E-state index is 11.8. The van der Waals surface area contributed by atoms with Gasteiger partial charge in [0.15, 0.2) is 9.84 Å². The normalized spacial score (nSPS) is 12.3. The molecule has 6 nitrogen and oxygen atoms in total. The van der Waals surface area contributed by atoms with E-state index in [4.69, 9.17) is 5.14 Å². The highest BCUT2D eigenvalue weighted by Crippen LogP contribution is 2.16. The molecule has 0 saturated heterocycles. The first kappa shape index (κ1) is 16.9. The van der Waals surface area contributed by atoms with Crippen LogP contribution in [0.15, 0.2) is 29.2 Å². The fourth-order valence-electron chi connectivity index (χ4n) is 1.67. The number of nitrogens with one attached hydrogen (secondary N) is 1. The highest BCUT2D eigenvalue weighted by molar-refractivity contribution is 7.91. The summed E-state index contributed by atoms with van der Waals surface area (Å²) in [5.41, 5.74) is 0.745. The van der Waals surface area contributed by atoms with Gasteiger partial charge in [-0.15, -0.1) is 0 Å². The van der Waals surface area contributed by atoms with Crippen LogP contribution in [0.5, 0.6) is 0 Å². The molecular formula is C12H20N2O4S2. The van der Waals surface area contributed by atoms with E-state index in [1.54, 1.807) is 24.3 Å². The monoisotopic (exact) mass is 320 g/mol. The minimum atomic E-state index is -3.43. The lowest BCUT2D eigenvalue weighted by Gasteiger charge is -2.07. The number of nitrogens with two attached hydrogens (primary N) is 1. The number of hydrogen-bond donors (Lipinski definition) is 2. The zero-order valence-corrected chi connectivity index (χ0v) is 13.0. The number of anilines is 1. The largest absolute Gasteiger partial charge is 0.385 e. The van der Waals surface area contributed by atoms with E-state index >= 15 is 0 Å². The van der Waals surface area contributed by atoms with E-state index in [9.17, 15) is 16.8 Å². The van der Waals surface area contributed by atoms with Gasteiger partial charge in [0.25, 0.3) is 0 Å². The third-order valence-electron chi connectivity index (χ3n) is 2.62. The Morgan fingerprint density at radius 2 is 1.65 bits per heavy atom. The second kappa shape index (κ2) is 7.05. The first-order valence-electron chi connectivity index (χ1n) is 6.32. The van der Waals surface area contributed by atoms with Crippen LogP contribution in [-0.4, -0.2) is 34.9 Å². The van der Waals surface area contributed by atoms with Gasteiger partial charge in [-0.05, 0) is 37.1 Å². The Bertz CT molecular complexity index is 622. The summed E-state index contributed by atoms with van der Waals surface area (Å²) in [7, 11) is -6.63. The number of hydrogen-bond acceptors (Lipinski definition) is 5. The predicted molar refractivity (Wildman–Crippen MR) is 79.9 cm³/mol. The van der Waals surface area contributed by atoms with Gasteiger partial charge in [-0.25, -0.2) is 22.0 Å². The number of sulfonamides is 1. The van der Waals surface area contributed by atoms with Crippen molar-refractivity contribution in [1.29, 1.82) is 0 Å². The number of sulfone groups is 1. The Morgan fingerprint density at radius 1 is 1.05 bits per heavy atom. The Kier molecular flexibility index (Phi) is 5.97. The molecule has 0 unspecified atom stereocenters. The zero-order valence-electron chi connectivity index (χ0n) is 11.4. The van der Waals surface area contributed by atoms with Gasteiger partial charge in [-0.1, -0.05) is 6.92 Å². The standard InChI is InChI=1S/C12H20N2O4S2/c1-2-9-19(15,16)12-6-4-11(5-7-12)14-8-3-10-20(13,17)18/h4-7,14H,2-3,8-10H2,1H3,(H2,13,17,18). The summed E-state index contributed by atoms with van der Waals surface area (Å²) in [6.07, 6.45) is 0.977. The van der Waals surface area contributed by atoms with Crippen LogP contribution in [0.3, 0.4) is 0 Å². The Morgan fingerprint density at radius 3 is 2.15 bits per heavy atom. The molecule has 0 spiro atoms. The first-order chi connectivity index (χ1) is 9.24. The smallest absolute Gasteiger partial charge is 0.209 e. The Hall–Kier alpha value is -1.12. The predicted octanol–water partition coefficient (Wildman–Crippen LogP) is 0.961. The number of rotatable bonds is 8. The molecule has 0 aliphatic carbocycles. The van der Waals surface area contributed by atoms with E-state index in [2.05, 4.69) is 5.32 Å². The maximum absolute atomic E-state index is 11.8. The van der Waals surface area contributed by atoms with Crippen molar-refractivity contribution in [2.24, 2.45) is 5.14 Å². The maximum Gasteiger partial charge on any atom is 0.209 e. The quantitative estimate of drug-likeness (QED) is 0.694. The van der Waals surface area contributed by atoms with E-state index in [0.29, 0.717) is 24.3 Å². The molecule has 0 radical (unpaired) electrons. The van der Waals surface area contributed by atoms with Crippen LogP contribution in [0, 0.1) is 0 Å². The van der Waals surface area contributed by atoms with Crippen molar-refractivity contribution in [2.75, 3.05) is 23.4 Å². The molecule has 0 aliphatic rings. The summed E-state index contributed by atoms with van der Waals surface area (Å²) in [5.74, 6) is 0.0527. The highest BCUT2D eigenvalue weighted by Gasteiger charge is 2.12. The van der Waals surface area contributed by atoms with Gasteiger partial charge in [0.05, 0.1) is 16.4 Å². The van der Waals surface area contributed by atoms with Crippen molar-refractivity contribution in [3.05, 3.63) is 24.3 Å². The molecule has 8 heteroatoms. The second-order valence-corrected chi connectivity index (χ2v) is 8.33. The molecule has 114 valence electrons. The summed E-state index contributed by atoms with van der Waals surface area (Å²) in [4.78, 5) is 0.300. The van der Waals surface area contributed by atoms with Gasteiger partial charge in [-0.3, -0.25) is 0 Å². The lowest BCUT2D eigenvalue weighted by molar-refractivity contribution is 0.593. The number of benzene rings is 1. The first-order valence-corrected chi connectivity index (χ1v) is 9.68. The lowest BCUT2D eigenvalue weighted by atomic mass is 10.3. The van der Waals surface area contributed by atoms with Gasteiger partial charge in [-0.2, -0.15) is 0 Å². The van der Waals surface area contributed by atoms with E-state index < -0.39 is 19.9 Å². The molecule has 0 atom stereocenters. The van der Waals surface area contributed by atoms with Crippen molar-refractivity contribution in [2.45, 2.75) is 24.7 Å². The minimum absolute atomic E-state index is 0.0804. The van der Waals surface area contributed by atoms with Crippen molar-refractivity contribution in [3.8, 4) is 0 Å². The third kappa shape index (κ3) is 5.89. The van der Waals surface area contributed by atoms with Gasteiger partial charge < -0.3 is 5.32 Å². The highest BCUT2D eigenvalue weighted by atomic mass is 32.2. The number of primary sulfonamides is 1.